The second-order valence-corrected chi connectivity index (χ2v) is 8.53. The van der Waals surface area contributed by atoms with Crippen LogP contribution in [0.25, 0.3) is 11.0 Å². The molecule has 3 N–H and O–H groups in total. The maximum atomic E-state index is 13.2. The molecule has 0 saturated carbocycles. The highest BCUT2D eigenvalue weighted by Crippen LogP contribution is 2.36. The zero-order chi connectivity index (χ0) is 25.8. The average Bonchev–Trinajstić information content (AvgIpc) is 3.49. The van der Waals surface area contributed by atoms with Crippen molar-refractivity contribution in [3.8, 4) is 5.75 Å². The lowest BCUT2D eigenvalue weighted by Crippen LogP contribution is -2.52. The van der Waals surface area contributed by atoms with Crippen LogP contribution >= 0.6 is 0 Å². The first-order chi connectivity index (χ1) is 17.2. The van der Waals surface area contributed by atoms with Crippen molar-refractivity contribution in [3.63, 3.8) is 0 Å². The molecular weight excluding hydrogens is 472 g/mol. The standard InChI is InChI=1S/C24H22N4O8/c1-4-35-21(31)17-18-14(11(2)25-19(17)29)8-16(36-18)24(22(32)26-23(33)27-24)10-28-9-12-5-6-13(34-3)7-15(12)20(28)30/h5-8H,4,9-10H2,1-3H3,(H,25,29)(H2,26,27,32,33)/t24-/m0/s1. The molecule has 2 aliphatic rings. The molecule has 12 heteroatoms. The number of benzene rings is 1. The first-order valence-electron chi connectivity index (χ1n) is 11.1. The summed E-state index contributed by atoms with van der Waals surface area (Å²) in [6, 6.07) is 5.79. The first kappa shape index (κ1) is 23.1. The number of urea groups is 1. The Morgan fingerprint density at radius 3 is 2.64 bits per heavy atom. The van der Waals surface area contributed by atoms with E-state index in [2.05, 4.69) is 15.6 Å². The number of carbonyl (C=O) groups excluding carboxylic acids is 4. The van der Waals surface area contributed by atoms with Crippen molar-refractivity contribution in [2.24, 2.45) is 0 Å². The number of aryl methyl sites for hydroxylation is 1. The normalized spacial score (nSPS) is 18.9. The van der Waals surface area contributed by atoms with E-state index in [1.54, 1.807) is 32.0 Å². The van der Waals surface area contributed by atoms with Gasteiger partial charge in [0.25, 0.3) is 17.4 Å². The Morgan fingerprint density at radius 2 is 1.97 bits per heavy atom. The Balaban J connectivity index is 1.61. The highest BCUT2D eigenvalue weighted by atomic mass is 16.5. The number of H-pyrrole nitrogens is 1. The number of fused-ring (bicyclic) bond motifs is 2. The molecule has 0 aliphatic carbocycles. The molecule has 0 bridgehead atoms. The quantitative estimate of drug-likeness (QED) is 0.342. The van der Waals surface area contributed by atoms with Gasteiger partial charge in [0.2, 0.25) is 0 Å². The summed E-state index contributed by atoms with van der Waals surface area (Å²) in [6.45, 7) is 3.16. The maximum absolute atomic E-state index is 13.2. The van der Waals surface area contributed by atoms with E-state index >= 15 is 0 Å². The molecule has 4 heterocycles. The fourth-order valence-electron chi connectivity index (χ4n) is 4.59. The Hall–Kier alpha value is -4.61. The highest BCUT2D eigenvalue weighted by molar-refractivity contribution is 6.09. The molecule has 186 valence electrons. The zero-order valence-electron chi connectivity index (χ0n) is 19.6. The third-order valence-corrected chi connectivity index (χ3v) is 6.36. The van der Waals surface area contributed by atoms with E-state index in [0.29, 0.717) is 22.4 Å². The number of aromatic nitrogens is 1. The van der Waals surface area contributed by atoms with Gasteiger partial charge in [0, 0.05) is 23.2 Å². The van der Waals surface area contributed by atoms with Crippen LogP contribution in [0.1, 0.15) is 44.7 Å². The van der Waals surface area contributed by atoms with Crippen molar-refractivity contribution >= 4 is 34.8 Å². The lowest BCUT2D eigenvalue weighted by Gasteiger charge is -2.29. The summed E-state index contributed by atoms with van der Waals surface area (Å²) in [5.74, 6) is -1.52. The number of hydrogen-bond donors (Lipinski definition) is 3. The van der Waals surface area contributed by atoms with Gasteiger partial charge in [0.1, 0.15) is 11.5 Å². The summed E-state index contributed by atoms with van der Waals surface area (Å²) in [7, 11) is 1.49. The van der Waals surface area contributed by atoms with Crippen molar-refractivity contribution in [2.75, 3.05) is 20.3 Å². The van der Waals surface area contributed by atoms with E-state index in [-0.39, 0.29) is 42.5 Å². The Bertz CT molecular complexity index is 1520. The minimum absolute atomic E-state index is 0.0338. The van der Waals surface area contributed by atoms with Crippen LogP contribution in [0.4, 0.5) is 4.79 Å². The van der Waals surface area contributed by atoms with Gasteiger partial charge >= 0.3 is 12.0 Å². The van der Waals surface area contributed by atoms with Crippen LogP contribution in [0.3, 0.4) is 0 Å². The van der Waals surface area contributed by atoms with Gasteiger partial charge in [-0.2, -0.15) is 0 Å². The van der Waals surface area contributed by atoms with Gasteiger partial charge in [-0.3, -0.25) is 19.7 Å². The van der Waals surface area contributed by atoms with Crippen molar-refractivity contribution in [1.82, 2.24) is 20.5 Å². The highest BCUT2D eigenvalue weighted by Gasteiger charge is 2.53. The van der Waals surface area contributed by atoms with Crippen molar-refractivity contribution in [3.05, 3.63) is 62.8 Å². The summed E-state index contributed by atoms with van der Waals surface area (Å²) < 4.78 is 16.1. The number of amides is 4. The molecule has 5 rings (SSSR count). The molecule has 36 heavy (non-hydrogen) atoms. The average molecular weight is 494 g/mol. The third kappa shape index (κ3) is 3.41. The van der Waals surface area contributed by atoms with Gasteiger partial charge < -0.3 is 29.1 Å². The van der Waals surface area contributed by atoms with Gasteiger partial charge in [0.15, 0.2) is 16.7 Å². The Kier molecular flexibility index (Phi) is 5.31. The van der Waals surface area contributed by atoms with Crippen LogP contribution in [-0.2, 0) is 21.6 Å². The van der Waals surface area contributed by atoms with Gasteiger partial charge in [-0.15, -0.1) is 0 Å². The number of ether oxygens (including phenoxy) is 2. The fraction of sp³-hybridized carbons (Fsp3) is 0.292. The summed E-state index contributed by atoms with van der Waals surface area (Å²) in [4.78, 5) is 67.7. The van der Waals surface area contributed by atoms with E-state index in [9.17, 15) is 24.0 Å². The number of rotatable bonds is 6. The number of esters is 1. The molecular formula is C24H22N4O8. The number of methoxy groups -OCH3 is 1. The first-order valence-corrected chi connectivity index (χ1v) is 11.1. The fourth-order valence-corrected chi connectivity index (χ4v) is 4.59. The number of hydrogen-bond acceptors (Lipinski definition) is 8. The van der Waals surface area contributed by atoms with E-state index in [1.165, 1.54) is 18.1 Å². The number of aromatic amines is 1. The second kappa shape index (κ2) is 8.26. The summed E-state index contributed by atoms with van der Waals surface area (Å²) in [5.41, 5.74) is -1.43. The predicted octanol–water partition coefficient (Wildman–Crippen LogP) is 1.31. The van der Waals surface area contributed by atoms with E-state index in [1.807, 2.05) is 0 Å². The van der Waals surface area contributed by atoms with Crippen molar-refractivity contribution in [1.29, 1.82) is 0 Å². The largest absolute Gasteiger partial charge is 0.497 e. The van der Waals surface area contributed by atoms with Gasteiger partial charge in [-0.25, -0.2) is 9.59 Å². The zero-order valence-corrected chi connectivity index (χ0v) is 19.6. The van der Waals surface area contributed by atoms with Gasteiger partial charge in [0.05, 0.1) is 20.3 Å². The smallest absolute Gasteiger partial charge is 0.347 e. The van der Waals surface area contributed by atoms with E-state index in [4.69, 9.17) is 13.9 Å². The van der Waals surface area contributed by atoms with Crippen LogP contribution in [0.5, 0.6) is 5.75 Å². The minimum atomic E-state index is -1.81. The van der Waals surface area contributed by atoms with Gasteiger partial charge in [-0.1, -0.05) is 6.07 Å². The third-order valence-electron chi connectivity index (χ3n) is 6.36. The number of carbonyl (C=O) groups is 4. The van der Waals surface area contributed by atoms with Crippen LogP contribution < -0.4 is 20.9 Å². The SMILES string of the molecule is CCOC(=O)c1c(=O)[nH]c(C)c2cc([C@]3(CN4Cc5ccc(OC)cc5C4=O)NC(=O)NC3=O)oc12. The van der Waals surface area contributed by atoms with Crippen molar-refractivity contribution in [2.45, 2.75) is 25.9 Å². The molecule has 1 saturated heterocycles. The number of nitrogens with zero attached hydrogens (tertiary/aromatic N) is 1. The monoisotopic (exact) mass is 494 g/mol. The molecule has 0 radical (unpaired) electrons. The lowest BCUT2D eigenvalue weighted by atomic mass is 9.95. The summed E-state index contributed by atoms with van der Waals surface area (Å²) >= 11 is 0. The molecule has 4 amide bonds. The number of nitrogens with one attached hydrogen (secondary N) is 3. The maximum Gasteiger partial charge on any atom is 0.347 e. The molecule has 1 fully saturated rings. The number of furan rings is 1. The van der Waals surface area contributed by atoms with Crippen LogP contribution in [0.2, 0.25) is 0 Å². The van der Waals surface area contributed by atoms with E-state index < -0.39 is 29.0 Å². The molecule has 2 aromatic heterocycles. The Labute approximate surface area is 203 Å². The molecule has 2 aliphatic heterocycles. The molecule has 1 aromatic carbocycles. The molecule has 12 nitrogen and oxygen atoms in total. The van der Waals surface area contributed by atoms with E-state index in [0.717, 1.165) is 5.56 Å². The van der Waals surface area contributed by atoms with Crippen LogP contribution in [-0.4, -0.2) is 54.0 Å². The molecule has 1 atom stereocenters. The van der Waals surface area contributed by atoms with Crippen LogP contribution in [0, 0.1) is 6.92 Å². The summed E-state index contributed by atoms with van der Waals surface area (Å²) in [5, 5.41) is 5.13. The number of pyridine rings is 1. The van der Waals surface area contributed by atoms with Crippen LogP contribution in [0.15, 0.2) is 33.5 Å². The molecule has 0 unspecified atom stereocenters. The Morgan fingerprint density at radius 1 is 1.19 bits per heavy atom. The second-order valence-electron chi connectivity index (χ2n) is 8.53. The lowest BCUT2D eigenvalue weighted by molar-refractivity contribution is -0.125. The predicted molar refractivity (Wildman–Crippen MR) is 124 cm³/mol. The summed E-state index contributed by atoms with van der Waals surface area (Å²) in [6.07, 6.45) is 0. The molecule has 0 spiro atoms. The molecule has 3 aromatic rings. The van der Waals surface area contributed by atoms with Crippen molar-refractivity contribution < 1.29 is 33.1 Å². The van der Waals surface area contributed by atoms with Gasteiger partial charge in [-0.05, 0) is 37.6 Å². The minimum Gasteiger partial charge on any atom is -0.497 e. The topological polar surface area (TPSA) is 160 Å². The number of imide groups is 1.